The van der Waals surface area contributed by atoms with Gasteiger partial charge in [0.15, 0.2) is 0 Å². The van der Waals surface area contributed by atoms with Crippen LogP contribution in [-0.4, -0.2) is 25.5 Å². The van der Waals surface area contributed by atoms with Crippen molar-refractivity contribution >= 4 is 28.1 Å². The molecule has 0 saturated carbocycles. The van der Waals surface area contributed by atoms with E-state index in [9.17, 15) is 4.79 Å². The molecule has 1 atom stereocenters. The third-order valence-electron chi connectivity index (χ3n) is 5.69. The van der Waals surface area contributed by atoms with Gasteiger partial charge in [-0.25, -0.2) is 0 Å². The second kappa shape index (κ2) is 8.99. The maximum absolute atomic E-state index is 12.6. The molecule has 150 valence electrons. The molecular weight excluding hydrogens is 358 g/mol. The van der Waals surface area contributed by atoms with Crippen LogP contribution in [0.1, 0.15) is 37.8 Å². The Morgan fingerprint density at radius 1 is 0.931 bits per heavy atom. The molecule has 0 spiro atoms. The standard InChI is InChI=1S/C25H29N3O/c1-19(21-14-13-20-9-3-4-10-22(20)17-21)27-25(29)18-26-23-11-5-6-12-24(23)28-15-7-2-8-16-28/h3-6,9-14,17,19,26H,2,7-8,15-16,18H2,1H3,(H,27,29)/t19-/m0/s1. The molecule has 1 aliphatic rings. The van der Waals surface area contributed by atoms with Crippen LogP contribution >= 0.6 is 0 Å². The number of carbonyl (C=O) groups excluding carboxylic acids is 1. The average molecular weight is 388 g/mol. The minimum absolute atomic E-state index is 0.000828. The molecule has 1 heterocycles. The van der Waals surface area contributed by atoms with Gasteiger partial charge < -0.3 is 15.5 Å². The molecule has 1 amide bonds. The summed E-state index contributed by atoms with van der Waals surface area (Å²) in [5.74, 6) is -0.000828. The average Bonchev–Trinajstić information content (AvgIpc) is 2.78. The van der Waals surface area contributed by atoms with Crippen LogP contribution in [0.15, 0.2) is 66.7 Å². The van der Waals surface area contributed by atoms with Gasteiger partial charge in [0.2, 0.25) is 5.91 Å². The molecule has 3 aromatic carbocycles. The van der Waals surface area contributed by atoms with Crippen molar-refractivity contribution in [1.82, 2.24) is 5.32 Å². The van der Waals surface area contributed by atoms with E-state index in [2.05, 4.69) is 64.1 Å². The third-order valence-corrected chi connectivity index (χ3v) is 5.69. The van der Waals surface area contributed by atoms with Crippen molar-refractivity contribution in [2.24, 2.45) is 0 Å². The molecule has 4 rings (SSSR count). The van der Waals surface area contributed by atoms with E-state index < -0.39 is 0 Å². The van der Waals surface area contributed by atoms with Gasteiger partial charge in [0, 0.05) is 13.1 Å². The number of piperidine rings is 1. The number of para-hydroxylation sites is 2. The third kappa shape index (κ3) is 4.70. The Morgan fingerprint density at radius 2 is 1.66 bits per heavy atom. The van der Waals surface area contributed by atoms with Crippen molar-refractivity contribution in [1.29, 1.82) is 0 Å². The van der Waals surface area contributed by atoms with Gasteiger partial charge in [0.1, 0.15) is 0 Å². The van der Waals surface area contributed by atoms with Crippen LogP contribution in [0.25, 0.3) is 10.8 Å². The number of nitrogens with one attached hydrogen (secondary N) is 2. The number of anilines is 2. The highest BCUT2D eigenvalue weighted by molar-refractivity contribution is 5.85. The fourth-order valence-corrected chi connectivity index (χ4v) is 4.06. The zero-order valence-electron chi connectivity index (χ0n) is 17.0. The van der Waals surface area contributed by atoms with E-state index in [1.807, 2.05) is 25.1 Å². The summed E-state index contributed by atoms with van der Waals surface area (Å²) in [5, 5.41) is 8.87. The van der Waals surface area contributed by atoms with Crippen LogP contribution in [0.3, 0.4) is 0 Å². The molecule has 0 bridgehead atoms. The summed E-state index contributed by atoms with van der Waals surface area (Å²) < 4.78 is 0. The molecule has 4 nitrogen and oxygen atoms in total. The number of hydrogen-bond acceptors (Lipinski definition) is 3. The Hall–Kier alpha value is -3.01. The first-order valence-electron chi connectivity index (χ1n) is 10.6. The minimum Gasteiger partial charge on any atom is -0.374 e. The van der Waals surface area contributed by atoms with Crippen molar-refractivity contribution in [2.75, 3.05) is 29.9 Å². The molecular formula is C25H29N3O. The minimum atomic E-state index is -0.0359. The van der Waals surface area contributed by atoms with Gasteiger partial charge in [0.25, 0.3) is 0 Å². The van der Waals surface area contributed by atoms with Crippen molar-refractivity contribution < 1.29 is 4.79 Å². The summed E-state index contributed by atoms with van der Waals surface area (Å²) in [4.78, 5) is 15.0. The van der Waals surface area contributed by atoms with Gasteiger partial charge in [-0.05, 0) is 60.7 Å². The lowest BCUT2D eigenvalue weighted by Gasteiger charge is -2.30. The molecule has 2 N–H and O–H groups in total. The summed E-state index contributed by atoms with van der Waals surface area (Å²) in [6, 6.07) is 22.9. The molecule has 0 radical (unpaired) electrons. The first-order chi connectivity index (χ1) is 14.2. The number of benzene rings is 3. The quantitative estimate of drug-likeness (QED) is 0.617. The molecule has 3 aromatic rings. The van der Waals surface area contributed by atoms with Crippen molar-refractivity contribution in [3.8, 4) is 0 Å². The molecule has 0 unspecified atom stereocenters. The zero-order chi connectivity index (χ0) is 20.1. The highest BCUT2D eigenvalue weighted by Gasteiger charge is 2.15. The van der Waals surface area contributed by atoms with E-state index in [0.717, 1.165) is 24.3 Å². The van der Waals surface area contributed by atoms with E-state index in [1.54, 1.807) is 0 Å². The first kappa shape index (κ1) is 19.3. The number of nitrogens with zero attached hydrogens (tertiary/aromatic N) is 1. The Bertz CT molecular complexity index is 978. The molecule has 1 aliphatic heterocycles. The van der Waals surface area contributed by atoms with E-state index in [1.165, 1.54) is 35.7 Å². The summed E-state index contributed by atoms with van der Waals surface area (Å²) in [6.07, 6.45) is 3.78. The first-order valence-corrected chi connectivity index (χ1v) is 10.6. The molecule has 0 aromatic heterocycles. The van der Waals surface area contributed by atoms with Gasteiger partial charge in [-0.2, -0.15) is 0 Å². The van der Waals surface area contributed by atoms with Crippen LogP contribution < -0.4 is 15.5 Å². The Morgan fingerprint density at radius 3 is 2.48 bits per heavy atom. The van der Waals surface area contributed by atoms with Gasteiger partial charge in [0.05, 0.1) is 24.0 Å². The summed E-state index contributed by atoms with van der Waals surface area (Å²) in [6.45, 7) is 4.47. The Kier molecular flexibility index (Phi) is 5.99. The number of amides is 1. The monoisotopic (exact) mass is 387 g/mol. The summed E-state index contributed by atoms with van der Waals surface area (Å²) in [7, 11) is 0. The van der Waals surface area contributed by atoms with Crippen molar-refractivity contribution in [3.05, 3.63) is 72.3 Å². The second-order valence-corrected chi connectivity index (χ2v) is 7.81. The number of fused-ring (bicyclic) bond motifs is 1. The lowest BCUT2D eigenvalue weighted by Crippen LogP contribution is -2.33. The van der Waals surface area contributed by atoms with Gasteiger partial charge in [-0.15, -0.1) is 0 Å². The smallest absolute Gasteiger partial charge is 0.239 e. The largest absolute Gasteiger partial charge is 0.374 e. The van der Waals surface area contributed by atoms with Crippen molar-refractivity contribution in [2.45, 2.75) is 32.2 Å². The fourth-order valence-electron chi connectivity index (χ4n) is 4.06. The van der Waals surface area contributed by atoms with E-state index in [0.29, 0.717) is 0 Å². The maximum Gasteiger partial charge on any atom is 0.239 e. The maximum atomic E-state index is 12.6. The topological polar surface area (TPSA) is 44.4 Å². The van der Waals surface area contributed by atoms with Crippen molar-refractivity contribution in [3.63, 3.8) is 0 Å². The van der Waals surface area contributed by atoms with Crippen LogP contribution in [-0.2, 0) is 4.79 Å². The molecule has 1 saturated heterocycles. The normalized spacial score (nSPS) is 15.1. The molecule has 0 aliphatic carbocycles. The second-order valence-electron chi connectivity index (χ2n) is 7.81. The van der Waals surface area contributed by atoms with Crippen LogP contribution in [0.5, 0.6) is 0 Å². The summed E-state index contributed by atoms with van der Waals surface area (Å²) >= 11 is 0. The fraction of sp³-hybridized carbons (Fsp3) is 0.320. The molecule has 4 heteroatoms. The Labute approximate surface area is 172 Å². The Balaban J connectivity index is 1.37. The van der Waals surface area contributed by atoms with Gasteiger partial charge in [-0.1, -0.05) is 48.5 Å². The zero-order valence-corrected chi connectivity index (χ0v) is 17.0. The SMILES string of the molecule is C[C@H](NC(=O)CNc1ccccc1N1CCCCC1)c1ccc2ccccc2c1. The lowest BCUT2D eigenvalue weighted by molar-refractivity contribution is -0.120. The van der Waals surface area contributed by atoms with Crippen LogP contribution in [0, 0.1) is 0 Å². The summed E-state index contributed by atoms with van der Waals surface area (Å²) in [5.41, 5.74) is 3.34. The molecule has 29 heavy (non-hydrogen) atoms. The van der Waals surface area contributed by atoms with Gasteiger partial charge >= 0.3 is 0 Å². The molecule has 1 fully saturated rings. The predicted molar refractivity (Wildman–Crippen MR) is 122 cm³/mol. The predicted octanol–water partition coefficient (Wildman–Crippen LogP) is 5.12. The van der Waals surface area contributed by atoms with Crippen LogP contribution in [0.2, 0.25) is 0 Å². The van der Waals surface area contributed by atoms with E-state index in [-0.39, 0.29) is 18.5 Å². The van der Waals surface area contributed by atoms with E-state index >= 15 is 0 Å². The highest BCUT2D eigenvalue weighted by Crippen LogP contribution is 2.28. The lowest BCUT2D eigenvalue weighted by atomic mass is 10.0. The van der Waals surface area contributed by atoms with Gasteiger partial charge in [-0.3, -0.25) is 4.79 Å². The number of carbonyl (C=O) groups is 1. The number of hydrogen-bond donors (Lipinski definition) is 2. The van der Waals surface area contributed by atoms with Crippen LogP contribution in [0.4, 0.5) is 11.4 Å². The van der Waals surface area contributed by atoms with E-state index in [4.69, 9.17) is 0 Å². The highest BCUT2D eigenvalue weighted by atomic mass is 16.1. The number of rotatable bonds is 6.